The minimum Gasteiger partial charge on any atom is -0.475 e. The molecule has 3 rings (SSSR count). The Balaban J connectivity index is 0.000000370. The molecular weight excluding hydrogens is 413 g/mol. The standard InChI is InChI=1S/C16H24N2O3S.C2HF3O2/c1-12-3-4-22-14(12)6-18-5-13-7-21-11-16(13,10-18)9-17-15(19)8-20-2;3-2(4,5)1(6)7/h3-4,13H,5-11H2,1-2H3,(H,17,19);(H,6,7)/t13-,16+;/m1./s1. The second kappa shape index (κ2) is 9.88. The molecule has 11 heteroatoms. The van der Waals surface area contributed by atoms with Gasteiger partial charge in [-0.15, -0.1) is 11.3 Å². The number of hydrogen-bond donors (Lipinski definition) is 2. The summed E-state index contributed by atoms with van der Waals surface area (Å²) in [5.41, 5.74) is 1.44. The average Bonchev–Trinajstić information content (AvgIpc) is 3.28. The lowest BCUT2D eigenvalue weighted by atomic mass is 9.81. The van der Waals surface area contributed by atoms with Crippen molar-refractivity contribution in [1.82, 2.24) is 10.2 Å². The zero-order chi connectivity index (χ0) is 21.7. The van der Waals surface area contributed by atoms with Gasteiger partial charge < -0.3 is 19.9 Å². The van der Waals surface area contributed by atoms with Crippen molar-refractivity contribution in [1.29, 1.82) is 0 Å². The number of halogens is 3. The predicted molar refractivity (Wildman–Crippen MR) is 99.7 cm³/mol. The van der Waals surface area contributed by atoms with Crippen LogP contribution in [0.25, 0.3) is 0 Å². The van der Waals surface area contributed by atoms with Crippen LogP contribution in [0.4, 0.5) is 13.2 Å². The summed E-state index contributed by atoms with van der Waals surface area (Å²) in [5, 5.41) is 12.3. The third-order valence-corrected chi connectivity index (χ3v) is 6.09. The Morgan fingerprint density at radius 1 is 1.48 bits per heavy atom. The smallest absolute Gasteiger partial charge is 0.475 e. The summed E-state index contributed by atoms with van der Waals surface area (Å²) in [6, 6.07) is 2.18. The van der Waals surface area contributed by atoms with Crippen molar-refractivity contribution >= 4 is 23.2 Å². The van der Waals surface area contributed by atoms with E-state index in [9.17, 15) is 18.0 Å². The Labute approximate surface area is 170 Å². The van der Waals surface area contributed by atoms with Crippen LogP contribution in [0.3, 0.4) is 0 Å². The molecule has 0 bridgehead atoms. The fourth-order valence-electron chi connectivity index (χ4n) is 3.54. The number of carbonyl (C=O) groups excluding carboxylic acids is 1. The minimum absolute atomic E-state index is 0.0462. The Hall–Kier alpha value is -1.69. The van der Waals surface area contributed by atoms with Crippen LogP contribution in [0.2, 0.25) is 0 Å². The number of nitrogens with zero attached hydrogens (tertiary/aromatic N) is 1. The number of aryl methyl sites for hydroxylation is 1. The molecule has 0 spiro atoms. The van der Waals surface area contributed by atoms with Crippen LogP contribution in [0.15, 0.2) is 11.4 Å². The molecule has 0 aromatic carbocycles. The van der Waals surface area contributed by atoms with Gasteiger partial charge in [0.15, 0.2) is 0 Å². The molecule has 29 heavy (non-hydrogen) atoms. The van der Waals surface area contributed by atoms with E-state index in [2.05, 4.69) is 28.6 Å². The molecule has 2 N–H and O–H groups in total. The van der Waals surface area contributed by atoms with Crippen LogP contribution >= 0.6 is 11.3 Å². The third-order valence-electron chi connectivity index (χ3n) is 5.08. The normalized spacial score (nSPS) is 24.0. The van der Waals surface area contributed by atoms with Crippen LogP contribution in [0, 0.1) is 18.3 Å². The molecule has 2 aliphatic heterocycles. The number of carbonyl (C=O) groups is 2. The zero-order valence-electron chi connectivity index (χ0n) is 16.3. The van der Waals surface area contributed by atoms with Crippen molar-refractivity contribution in [3.8, 4) is 0 Å². The van der Waals surface area contributed by atoms with Gasteiger partial charge >= 0.3 is 12.1 Å². The molecule has 1 aromatic rings. The molecule has 2 aliphatic rings. The first-order valence-electron chi connectivity index (χ1n) is 8.96. The monoisotopic (exact) mass is 438 g/mol. The SMILES string of the molecule is COCC(=O)NC[C@]12COC[C@H]1CN(Cc1sccc1C)C2.O=C(O)C(F)(F)F. The van der Waals surface area contributed by atoms with Crippen molar-refractivity contribution in [2.45, 2.75) is 19.6 Å². The lowest BCUT2D eigenvalue weighted by Crippen LogP contribution is -2.44. The number of ether oxygens (including phenoxy) is 2. The molecule has 2 fully saturated rings. The van der Waals surface area contributed by atoms with Gasteiger partial charge in [0, 0.05) is 49.5 Å². The van der Waals surface area contributed by atoms with Gasteiger partial charge in [-0.1, -0.05) is 0 Å². The zero-order valence-corrected chi connectivity index (χ0v) is 17.1. The molecule has 7 nitrogen and oxygen atoms in total. The van der Waals surface area contributed by atoms with E-state index in [1.54, 1.807) is 7.11 Å². The van der Waals surface area contributed by atoms with Gasteiger partial charge in [0.05, 0.1) is 13.2 Å². The number of thiophene rings is 1. The second-order valence-corrected chi connectivity index (χ2v) is 8.28. The fourth-order valence-corrected chi connectivity index (χ4v) is 4.49. The van der Waals surface area contributed by atoms with Crippen molar-refractivity contribution < 1.29 is 37.3 Å². The first kappa shape index (κ1) is 23.6. The number of carboxylic acid groups (broad SMARTS) is 1. The molecule has 164 valence electrons. The summed E-state index contributed by atoms with van der Waals surface area (Å²) >= 11 is 1.83. The molecule has 1 amide bonds. The number of fused-ring (bicyclic) bond motifs is 1. The maximum absolute atomic E-state index is 11.7. The number of carboxylic acids is 1. The highest BCUT2D eigenvalue weighted by atomic mass is 32.1. The number of nitrogens with one attached hydrogen (secondary N) is 1. The average molecular weight is 438 g/mol. The lowest BCUT2D eigenvalue weighted by Gasteiger charge is -2.27. The van der Waals surface area contributed by atoms with Gasteiger partial charge in [0.2, 0.25) is 5.91 Å². The van der Waals surface area contributed by atoms with Gasteiger partial charge in [0.25, 0.3) is 0 Å². The summed E-state index contributed by atoms with van der Waals surface area (Å²) in [5.74, 6) is -2.29. The number of aliphatic carboxylic acids is 1. The molecule has 0 radical (unpaired) electrons. The Morgan fingerprint density at radius 3 is 2.72 bits per heavy atom. The number of rotatable bonds is 6. The van der Waals surface area contributed by atoms with Gasteiger partial charge in [-0.25, -0.2) is 4.79 Å². The quantitative estimate of drug-likeness (QED) is 0.706. The van der Waals surface area contributed by atoms with Gasteiger partial charge in [-0.2, -0.15) is 13.2 Å². The van der Waals surface area contributed by atoms with E-state index in [-0.39, 0.29) is 17.9 Å². The fraction of sp³-hybridized carbons (Fsp3) is 0.667. The summed E-state index contributed by atoms with van der Waals surface area (Å²) in [7, 11) is 1.54. The van der Waals surface area contributed by atoms with Gasteiger partial charge in [0.1, 0.15) is 6.61 Å². The molecule has 3 heterocycles. The van der Waals surface area contributed by atoms with Crippen LogP contribution in [0.1, 0.15) is 10.4 Å². The van der Waals surface area contributed by atoms with E-state index in [0.717, 1.165) is 32.8 Å². The van der Waals surface area contributed by atoms with E-state index in [4.69, 9.17) is 19.4 Å². The molecular formula is C18H25F3N2O5S. The molecule has 2 atom stereocenters. The maximum atomic E-state index is 11.7. The van der Waals surface area contributed by atoms with Crippen LogP contribution in [0.5, 0.6) is 0 Å². The van der Waals surface area contributed by atoms with Gasteiger partial charge in [-0.05, 0) is 23.9 Å². The third kappa shape index (κ3) is 6.39. The van der Waals surface area contributed by atoms with Crippen molar-refractivity contribution in [3.63, 3.8) is 0 Å². The van der Waals surface area contributed by atoms with E-state index >= 15 is 0 Å². The summed E-state index contributed by atoms with van der Waals surface area (Å²) in [6.07, 6.45) is -5.08. The Morgan fingerprint density at radius 2 is 2.17 bits per heavy atom. The minimum atomic E-state index is -5.08. The van der Waals surface area contributed by atoms with E-state index in [1.165, 1.54) is 10.4 Å². The topological polar surface area (TPSA) is 88.1 Å². The van der Waals surface area contributed by atoms with E-state index < -0.39 is 12.1 Å². The largest absolute Gasteiger partial charge is 0.490 e. The number of amides is 1. The van der Waals surface area contributed by atoms with Crippen LogP contribution in [-0.2, 0) is 25.6 Å². The van der Waals surface area contributed by atoms with Crippen LogP contribution in [-0.4, -0.2) is 74.6 Å². The van der Waals surface area contributed by atoms with E-state index in [1.807, 2.05) is 11.3 Å². The summed E-state index contributed by atoms with van der Waals surface area (Å²) in [4.78, 5) is 24.5. The maximum Gasteiger partial charge on any atom is 0.490 e. The highest BCUT2D eigenvalue weighted by Crippen LogP contribution is 2.41. The first-order valence-corrected chi connectivity index (χ1v) is 9.84. The van der Waals surface area contributed by atoms with Crippen molar-refractivity contribution in [2.75, 3.05) is 46.6 Å². The van der Waals surface area contributed by atoms with Crippen LogP contribution < -0.4 is 5.32 Å². The second-order valence-electron chi connectivity index (χ2n) is 7.28. The lowest BCUT2D eigenvalue weighted by molar-refractivity contribution is -0.192. The molecule has 0 saturated carbocycles. The molecule has 2 saturated heterocycles. The molecule has 1 aromatic heterocycles. The Kier molecular flexibility index (Phi) is 8.03. The molecule has 0 unspecified atom stereocenters. The van der Waals surface area contributed by atoms with Crippen molar-refractivity contribution in [3.05, 3.63) is 21.9 Å². The Bertz CT molecular complexity index is 712. The number of hydrogen-bond acceptors (Lipinski definition) is 6. The number of alkyl halides is 3. The number of likely N-dealkylation sites (tertiary alicyclic amines) is 1. The van der Waals surface area contributed by atoms with Gasteiger partial charge in [-0.3, -0.25) is 9.69 Å². The highest BCUT2D eigenvalue weighted by Gasteiger charge is 2.50. The summed E-state index contributed by atoms with van der Waals surface area (Å²) < 4.78 is 42.3. The predicted octanol–water partition coefficient (Wildman–Crippen LogP) is 1.90. The number of methoxy groups -OCH3 is 1. The van der Waals surface area contributed by atoms with Crippen molar-refractivity contribution in [2.24, 2.45) is 11.3 Å². The summed E-state index contributed by atoms with van der Waals surface area (Å²) in [6.45, 7) is 7.57. The molecule has 0 aliphatic carbocycles. The first-order chi connectivity index (χ1) is 13.6. The highest BCUT2D eigenvalue weighted by molar-refractivity contribution is 7.10. The van der Waals surface area contributed by atoms with E-state index in [0.29, 0.717) is 12.5 Å².